The third kappa shape index (κ3) is 6.43. The number of nitrogens with zero attached hydrogens (tertiary/aromatic N) is 2. The summed E-state index contributed by atoms with van der Waals surface area (Å²) in [5.41, 5.74) is 0. The van der Waals surface area contributed by atoms with E-state index >= 15 is 0 Å². The SMILES string of the molecule is CCOCCNCCCN1CCN(C)CC1. The second-order valence-corrected chi connectivity index (χ2v) is 4.45. The summed E-state index contributed by atoms with van der Waals surface area (Å²) < 4.78 is 5.26. The van der Waals surface area contributed by atoms with Gasteiger partial charge < -0.3 is 19.9 Å². The third-order valence-corrected chi connectivity index (χ3v) is 3.05. The molecule has 1 aliphatic rings. The first-order chi connectivity index (χ1) is 7.83. The number of hydrogen-bond acceptors (Lipinski definition) is 4. The Morgan fingerprint density at radius 3 is 2.56 bits per heavy atom. The van der Waals surface area contributed by atoms with Gasteiger partial charge in [0.25, 0.3) is 0 Å². The first-order valence-corrected chi connectivity index (χ1v) is 6.52. The van der Waals surface area contributed by atoms with Crippen molar-refractivity contribution in [3.8, 4) is 0 Å². The van der Waals surface area contributed by atoms with E-state index in [0.29, 0.717) is 0 Å². The smallest absolute Gasteiger partial charge is 0.0590 e. The highest BCUT2D eigenvalue weighted by molar-refractivity contribution is 4.69. The molecule has 0 atom stereocenters. The van der Waals surface area contributed by atoms with Crippen LogP contribution in [0.1, 0.15) is 13.3 Å². The van der Waals surface area contributed by atoms with Crippen molar-refractivity contribution in [1.82, 2.24) is 15.1 Å². The number of nitrogens with one attached hydrogen (secondary N) is 1. The van der Waals surface area contributed by atoms with Gasteiger partial charge in [-0.3, -0.25) is 0 Å². The minimum atomic E-state index is 0.822. The number of ether oxygens (including phenoxy) is 1. The Kier molecular flexibility index (Phi) is 7.76. The summed E-state index contributed by atoms with van der Waals surface area (Å²) in [6, 6.07) is 0. The Morgan fingerprint density at radius 2 is 1.88 bits per heavy atom. The predicted molar refractivity (Wildman–Crippen MR) is 67.9 cm³/mol. The molecule has 0 radical (unpaired) electrons. The van der Waals surface area contributed by atoms with Crippen molar-refractivity contribution in [2.45, 2.75) is 13.3 Å². The average molecular weight is 229 g/mol. The number of hydrogen-bond donors (Lipinski definition) is 1. The molecule has 1 rings (SSSR count). The zero-order valence-electron chi connectivity index (χ0n) is 10.9. The maximum Gasteiger partial charge on any atom is 0.0590 e. The summed E-state index contributed by atoms with van der Waals surface area (Å²) in [6.07, 6.45) is 1.25. The first-order valence-electron chi connectivity index (χ1n) is 6.52. The minimum Gasteiger partial charge on any atom is -0.380 e. The van der Waals surface area contributed by atoms with Crippen LogP contribution in [-0.2, 0) is 4.74 Å². The van der Waals surface area contributed by atoms with Gasteiger partial charge in [-0.2, -0.15) is 0 Å². The van der Waals surface area contributed by atoms with Crippen LogP contribution in [0, 0.1) is 0 Å². The lowest BCUT2D eigenvalue weighted by Gasteiger charge is -2.32. The molecule has 96 valence electrons. The summed E-state index contributed by atoms with van der Waals surface area (Å²) in [5.74, 6) is 0. The number of rotatable bonds is 8. The van der Waals surface area contributed by atoms with E-state index in [9.17, 15) is 0 Å². The molecule has 0 unspecified atom stereocenters. The van der Waals surface area contributed by atoms with E-state index in [1.165, 1.54) is 39.1 Å². The number of piperazine rings is 1. The molecule has 4 nitrogen and oxygen atoms in total. The van der Waals surface area contributed by atoms with E-state index in [2.05, 4.69) is 22.2 Å². The highest BCUT2D eigenvalue weighted by Crippen LogP contribution is 1.99. The molecule has 0 aromatic heterocycles. The van der Waals surface area contributed by atoms with Crippen LogP contribution in [0.5, 0.6) is 0 Å². The van der Waals surface area contributed by atoms with Gasteiger partial charge in [-0.05, 0) is 33.5 Å². The van der Waals surface area contributed by atoms with E-state index < -0.39 is 0 Å². The molecule has 0 spiro atoms. The van der Waals surface area contributed by atoms with E-state index in [1.54, 1.807) is 0 Å². The molecule has 1 heterocycles. The molecule has 16 heavy (non-hydrogen) atoms. The van der Waals surface area contributed by atoms with Crippen molar-refractivity contribution < 1.29 is 4.74 Å². The number of likely N-dealkylation sites (N-methyl/N-ethyl adjacent to an activating group) is 1. The monoisotopic (exact) mass is 229 g/mol. The fraction of sp³-hybridized carbons (Fsp3) is 1.00. The molecule has 0 aromatic carbocycles. The van der Waals surface area contributed by atoms with Crippen molar-refractivity contribution in [3.63, 3.8) is 0 Å². The van der Waals surface area contributed by atoms with Crippen LogP contribution >= 0.6 is 0 Å². The molecular formula is C12H27N3O. The van der Waals surface area contributed by atoms with Crippen LogP contribution < -0.4 is 5.32 Å². The van der Waals surface area contributed by atoms with E-state index in [0.717, 1.165) is 26.3 Å². The normalized spacial score (nSPS) is 19.1. The molecule has 0 bridgehead atoms. The van der Waals surface area contributed by atoms with E-state index in [1.807, 2.05) is 6.92 Å². The molecule has 0 saturated carbocycles. The lowest BCUT2D eigenvalue weighted by atomic mass is 10.3. The quantitative estimate of drug-likeness (QED) is 0.604. The molecule has 0 amide bonds. The summed E-state index contributed by atoms with van der Waals surface area (Å²) in [6.45, 7) is 11.9. The van der Waals surface area contributed by atoms with Crippen molar-refractivity contribution in [2.24, 2.45) is 0 Å². The van der Waals surface area contributed by atoms with Crippen LogP contribution in [0.25, 0.3) is 0 Å². The Hall–Kier alpha value is -0.160. The van der Waals surface area contributed by atoms with Crippen LogP contribution in [0.4, 0.5) is 0 Å². The molecule has 1 saturated heterocycles. The van der Waals surface area contributed by atoms with Crippen molar-refractivity contribution >= 4 is 0 Å². The molecule has 0 aromatic rings. The summed E-state index contributed by atoms with van der Waals surface area (Å²) >= 11 is 0. The van der Waals surface area contributed by atoms with Gasteiger partial charge in [0.1, 0.15) is 0 Å². The van der Waals surface area contributed by atoms with Crippen molar-refractivity contribution in [2.75, 3.05) is 66.1 Å². The zero-order valence-corrected chi connectivity index (χ0v) is 10.9. The first kappa shape index (κ1) is 13.9. The molecule has 4 heteroatoms. The predicted octanol–water partition coefficient (Wildman–Crippen LogP) is 0.250. The van der Waals surface area contributed by atoms with Crippen LogP contribution in [0.3, 0.4) is 0 Å². The van der Waals surface area contributed by atoms with Crippen LogP contribution in [0.2, 0.25) is 0 Å². The van der Waals surface area contributed by atoms with Crippen LogP contribution in [-0.4, -0.2) is 75.9 Å². The highest BCUT2D eigenvalue weighted by atomic mass is 16.5. The Morgan fingerprint density at radius 1 is 1.12 bits per heavy atom. The van der Waals surface area contributed by atoms with Crippen LogP contribution in [0.15, 0.2) is 0 Å². The fourth-order valence-corrected chi connectivity index (χ4v) is 1.91. The molecule has 1 fully saturated rings. The zero-order chi connectivity index (χ0) is 11.6. The van der Waals surface area contributed by atoms with Crippen molar-refractivity contribution in [1.29, 1.82) is 0 Å². The van der Waals surface area contributed by atoms with Gasteiger partial charge in [0, 0.05) is 39.3 Å². The molecular weight excluding hydrogens is 202 g/mol. The minimum absolute atomic E-state index is 0.822. The summed E-state index contributed by atoms with van der Waals surface area (Å²) in [7, 11) is 2.20. The van der Waals surface area contributed by atoms with Gasteiger partial charge >= 0.3 is 0 Å². The average Bonchev–Trinajstić information content (AvgIpc) is 2.30. The Labute approximate surface area is 99.9 Å². The Bertz CT molecular complexity index is 158. The maximum atomic E-state index is 5.26. The molecule has 1 aliphatic heterocycles. The fourth-order valence-electron chi connectivity index (χ4n) is 1.91. The van der Waals surface area contributed by atoms with Gasteiger partial charge in [0.2, 0.25) is 0 Å². The Balaban J connectivity index is 1.84. The molecule has 1 N–H and O–H groups in total. The topological polar surface area (TPSA) is 27.7 Å². The van der Waals surface area contributed by atoms with Gasteiger partial charge in [0.05, 0.1) is 6.61 Å². The second-order valence-electron chi connectivity index (χ2n) is 4.45. The largest absolute Gasteiger partial charge is 0.380 e. The molecule has 0 aliphatic carbocycles. The summed E-state index contributed by atoms with van der Waals surface area (Å²) in [4.78, 5) is 4.96. The van der Waals surface area contributed by atoms with Gasteiger partial charge in [-0.1, -0.05) is 0 Å². The lowest BCUT2D eigenvalue weighted by Crippen LogP contribution is -2.45. The second kappa shape index (κ2) is 8.93. The maximum absolute atomic E-state index is 5.26. The lowest BCUT2D eigenvalue weighted by molar-refractivity contribution is 0.145. The van der Waals surface area contributed by atoms with E-state index in [4.69, 9.17) is 4.74 Å². The highest BCUT2D eigenvalue weighted by Gasteiger charge is 2.12. The third-order valence-electron chi connectivity index (χ3n) is 3.05. The van der Waals surface area contributed by atoms with E-state index in [-0.39, 0.29) is 0 Å². The summed E-state index contributed by atoms with van der Waals surface area (Å²) in [5, 5.41) is 3.41. The van der Waals surface area contributed by atoms with Gasteiger partial charge in [-0.15, -0.1) is 0 Å². The van der Waals surface area contributed by atoms with Gasteiger partial charge in [-0.25, -0.2) is 0 Å². The van der Waals surface area contributed by atoms with Crippen molar-refractivity contribution in [3.05, 3.63) is 0 Å². The van der Waals surface area contributed by atoms with Gasteiger partial charge in [0.15, 0.2) is 0 Å². The standard InChI is InChI=1S/C12H27N3O/c1-3-16-12-6-13-5-4-7-15-10-8-14(2)9-11-15/h13H,3-12H2,1-2H3.